The average Bonchev–Trinajstić information content (AvgIpc) is 2.70. The van der Waals surface area contributed by atoms with E-state index in [0.717, 1.165) is 37.2 Å². The first-order valence-corrected chi connectivity index (χ1v) is 5.43. The van der Waals surface area contributed by atoms with Crippen molar-refractivity contribution in [1.82, 2.24) is 4.98 Å². The Bertz CT molecular complexity index is 321. The molecule has 0 bridgehead atoms. The second-order valence-corrected chi connectivity index (χ2v) is 4.28. The number of hydrogen-bond acceptors (Lipinski definition) is 3. The van der Waals surface area contributed by atoms with Crippen LogP contribution < -0.4 is 0 Å². The first-order valence-electron chi connectivity index (χ1n) is 5.43. The monoisotopic (exact) mass is 207 g/mol. The van der Waals surface area contributed by atoms with E-state index in [1.165, 1.54) is 0 Å². The molecule has 2 unspecified atom stereocenters. The molecule has 1 saturated heterocycles. The Morgan fingerprint density at radius 1 is 1.60 bits per heavy atom. The number of aryl methyl sites for hydroxylation is 1. The Kier molecular flexibility index (Phi) is 3.34. The van der Waals surface area contributed by atoms with Gasteiger partial charge in [-0.1, -0.05) is 6.07 Å². The van der Waals surface area contributed by atoms with Gasteiger partial charge in [0.15, 0.2) is 0 Å². The van der Waals surface area contributed by atoms with Crippen molar-refractivity contribution < 1.29 is 9.84 Å². The zero-order valence-corrected chi connectivity index (χ0v) is 9.02. The summed E-state index contributed by atoms with van der Waals surface area (Å²) >= 11 is 0. The number of nitrogens with zero attached hydrogens (tertiary/aromatic N) is 1. The normalized spacial score (nSPS) is 22.9. The fourth-order valence-electron chi connectivity index (χ4n) is 1.98. The van der Waals surface area contributed by atoms with E-state index in [1.807, 2.05) is 13.0 Å². The molecule has 82 valence electrons. The van der Waals surface area contributed by atoms with Crippen LogP contribution in [0.15, 0.2) is 18.5 Å². The van der Waals surface area contributed by atoms with Crippen LogP contribution >= 0.6 is 0 Å². The van der Waals surface area contributed by atoms with E-state index in [9.17, 15) is 5.11 Å². The minimum atomic E-state index is -0.399. The first kappa shape index (κ1) is 10.6. The molecule has 0 saturated carbocycles. The third-order valence-electron chi connectivity index (χ3n) is 2.86. The van der Waals surface area contributed by atoms with Crippen LogP contribution in [0.4, 0.5) is 0 Å². The quantitative estimate of drug-likeness (QED) is 0.822. The van der Waals surface area contributed by atoms with E-state index in [4.69, 9.17) is 4.74 Å². The summed E-state index contributed by atoms with van der Waals surface area (Å²) in [6.07, 6.45) is 4.99. The number of rotatable bonds is 3. The molecule has 2 heterocycles. The van der Waals surface area contributed by atoms with Crippen molar-refractivity contribution in [2.75, 3.05) is 13.2 Å². The molecule has 1 aromatic heterocycles. The Morgan fingerprint density at radius 3 is 3.13 bits per heavy atom. The molecule has 2 atom stereocenters. The molecule has 1 N–H and O–H groups in total. The second-order valence-electron chi connectivity index (χ2n) is 4.28. The average molecular weight is 207 g/mol. The molecule has 3 nitrogen and oxygen atoms in total. The third kappa shape index (κ3) is 2.76. The van der Waals surface area contributed by atoms with Gasteiger partial charge < -0.3 is 9.84 Å². The van der Waals surface area contributed by atoms with Crippen molar-refractivity contribution in [3.8, 4) is 0 Å². The SMILES string of the molecule is Cc1cncc(C(O)CC2CCOC2)c1. The lowest BCUT2D eigenvalue weighted by atomic mass is 9.97. The zero-order chi connectivity index (χ0) is 10.7. The molecule has 2 rings (SSSR count). The molecule has 0 aliphatic carbocycles. The van der Waals surface area contributed by atoms with Crippen LogP contribution in [0.5, 0.6) is 0 Å². The number of pyridine rings is 1. The molecule has 15 heavy (non-hydrogen) atoms. The Hall–Kier alpha value is -0.930. The van der Waals surface area contributed by atoms with E-state index in [0.29, 0.717) is 5.92 Å². The molecule has 1 fully saturated rings. The van der Waals surface area contributed by atoms with Crippen molar-refractivity contribution in [2.24, 2.45) is 5.92 Å². The van der Waals surface area contributed by atoms with Crippen LogP contribution in [0, 0.1) is 12.8 Å². The molecule has 0 radical (unpaired) electrons. The maximum Gasteiger partial charge on any atom is 0.0808 e. The second kappa shape index (κ2) is 4.73. The molecular formula is C12H17NO2. The molecule has 1 aliphatic rings. The molecule has 0 aromatic carbocycles. The highest BCUT2D eigenvalue weighted by atomic mass is 16.5. The van der Waals surface area contributed by atoms with Crippen molar-refractivity contribution in [1.29, 1.82) is 0 Å². The van der Waals surface area contributed by atoms with Gasteiger partial charge in [0.05, 0.1) is 6.10 Å². The van der Waals surface area contributed by atoms with Gasteiger partial charge in [0.25, 0.3) is 0 Å². The summed E-state index contributed by atoms with van der Waals surface area (Å²) in [5, 5.41) is 10.0. The van der Waals surface area contributed by atoms with Gasteiger partial charge in [-0.15, -0.1) is 0 Å². The summed E-state index contributed by atoms with van der Waals surface area (Å²) < 4.78 is 5.29. The number of hydrogen-bond donors (Lipinski definition) is 1. The fourth-order valence-corrected chi connectivity index (χ4v) is 1.98. The van der Waals surface area contributed by atoms with Gasteiger partial charge in [0, 0.05) is 25.6 Å². The molecule has 3 heteroatoms. The highest BCUT2D eigenvalue weighted by Crippen LogP contribution is 2.26. The smallest absolute Gasteiger partial charge is 0.0808 e. The molecular weight excluding hydrogens is 190 g/mol. The van der Waals surface area contributed by atoms with Crippen LogP contribution in [-0.4, -0.2) is 23.3 Å². The molecule has 0 spiro atoms. The van der Waals surface area contributed by atoms with Crippen LogP contribution in [-0.2, 0) is 4.74 Å². The van der Waals surface area contributed by atoms with E-state index in [2.05, 4.69) is 4.98 Å². The highest BCUT2D eigenvalue weighted by Gasteiger charge is 2.20. The molecule has 1 aliphatic heterocycles. The van der Waals surface area contributed by atoms with Gasteiger partial charge in [-0.05, 0) is 36.8 Å². The lowest BCUT2D eigenvalue weighted by molar-refractivity contribution is 0.129. The van der Waals surface area contributed by atoms with Crippen molar-refractivity contribution in [2.45, 2.75) is 25.9 Å². The summed E-state index contributed by atoms with van der Waals surface area (Å²) in [5.41, 5.74) is 2.01. The van der Waals surface area contributed by atoms with Crippen molar-refractivity contribution in [3.05, 3.63) is 29.6 Å². The Labute approximate surface area is 90.1 Å². The maximum absolute atomic E-state index is 10.0. The number of aromatic nitrogens is 1. The number of ether oxygens (including phenoxy) is 1. The zero-order valence-electron chi connectivity index (χ0n) is 9.02. The van der Waals surface area contributed by atoms with E-state index < -0.39 is 6.10 Å². The minimum absolute atomic E-state index is 0.399. The standard InChI is InChI=1S/C12H17NO2/c1-9-4-11(7-13-6-9)12(14)5-10-2-3-15-8-10/h4,6-7,10,12,14H,2-3,5,8H2,1H3. The summed E-state index contributed by atoms with van der Waals surface area (Å²) in [6, 6.07) is 1.99. The molecule has 0 amide bonds. The highest BCUT2D eigenvalue weighted by molar-refractivity contribution is 5.18. The summed E-state index contributed by atoms with van der Waals surface area (Å²) in [6.45, 7) is 3.61. The number of aliphatic hydroxyl groups is 1. The first-order chi connectivity index (χ1) is 7.25. The van der Waals surface area contributed by atoms with Crippen molar-refractivity contribution >= 4 is 0 Å². The van der Waals surface area contributed by atoms with Crippen LogP contribution in [0.3, 0.4) is 0 Å². The summed E-state index contributed by atoms with van der Waals surface area (Å²) in [5.74, 6) is 0.500. The molecule has 1 aromatic rings. The lowest BCUT2D eigenvalue weighted by Crippen LogP contribution is -2.07. The Balaban J connectivity index is 1.97. The van der Waals surface area contributed by atoms with Gasteiger partial charge >= 0.3 is 0 Å². The predicted octanol–water partition coefficient (Wildman–Crippen LogP) is 1.85. The number of aliphatic hydroxyl groups excluding tert-OH is 1. The summed E-state index contributed by atoms with van der Waals surface area (Å²) in [4.78, 5) is 4.09. The maximum atomic E-state index is 10.0. The largest absolute Gasteiger partial charge is 0.388 e. The van der Waals surface area contributed by atoms with Gasteiger partial charge in [0.1, 0.15) is 0 Å². The van der Waals surface area contributed by atoms with E-state index in [1.54, 1.807) is 12.4 Å². The van der Waals surface area contributed by atoms with Gasteiger partial charge in [-0.25, -0.2) is 0 Å². The van der Waals surface area contributed by atoms with Gasteiger partial charge in [-0.2, -0.15) is 0 Å². The topological polar surface area (TPSA) is 42.4 Å². The van der Waals surface area contributed by atoms with Gasteiger partial charge in [-0.3, -0.25) is 4.98 Å². The Morgan fingerprint density at radius 2 is 2.47 bits per heavy atom. The lowest BCUT2D eigenvalue weighted by Gasteiger charge is -2.14. The fraction of sp³-hybridized carbons (Fsp3) is 0.583. The van der Waals surface area contributed by atoms with E-state index >= 15 is 0 Å². The predicted molar refractivity (Wildman–Crippen MR) is 57.5 cm³/mol. The van der Waals surface area contributed by atoms with E-state index in [-0.39, 0.29) is 0 Å². The van der Waals surface area contributed by atoms with Crippen LogP contribution in [0.2, 0.25) is 0 Å². The summed E-state index contributed by atoms with van der Waals surface area (Å²) in [7, 11) is 0. The van der Waals surface area contributed by atoms with Crippen LogP contribution in [0.1, 0.15) is 30.1 Å². The van der Waals surface area contributed by atoms with Crippen molar-refractivity contribution in [3.63, 3.8) is 0 Å². The van der Waals surface area contributed by atoms with Crippen LogP contribution in [0.25, 0.3) is 0 Å². The minimum Gasteiger partial charge on any atom is -0.388 e. The third-order valence-corrected chi connectivity index (χ3v) is 2.86. The van der Waals surface area contributed by atoms with Gasteiger partial charge in [0.2, 0.25) is 0 Å².